The summed E-state index contributed by atoms with van der Waals surface area (Å²) in [6.45, 7) is 0. The molecule has 3 atom stereocenters. The molecule has 8 heteroatoms. The molecule has 0 amide bonds. The Morgan fingerprint density at radius 2 is 2.14 bits per heavy atom. The number of carboxylic acids is 1. The minimum Gasteiger partial charge on any atom is -0.481 e. The fourth-order valence-corrected chi connectivity index (χ4v) is 5.82. The van der Waals surface area contributed by atoms with Gasteiger partial charge in [0.05, 0.1) is 16.7 Å². The van der Waals surface area contributed by atoms with E-state index in [9.17, 15) is 22.7 Å². The number of sulfonamides is 1. The number of benzene rings is 1. The van der Waals surface area contributed by atoms with Gasteiger partial charge in [-0.2, -0.15) is 4.31 Å². The van der Waals surface area contributed by atoms with Gasteiger partial charge in [-0.3, -0.25) is 4.79 Å². The van der Waals surface area contributed by atoms with Gasteiger partial charge in [-0.25, -0.2) is 12.8 Å². The van der Waals surface area contributed by atoms with E-state index in [1.807, 2.05) is 0 Å². The largest absolute Gasteiger partial charge is 0.481 e. The Hall–Kier alpha value is -1.18. The molecule has 2 aliphatic heterocycles. The molecule has 3 rings (SSSR count). The minimum absolute atomic E-state index is 0.125. The summed E-state index contributed by atoms with van der Waals surface area (Å²) < 4.78 is 39.7. The number of halogens is 2. The molecule has 2 bridgehead atoms. The van der Waals surface area contributed by atoms with Crippen LogP contribution >= 0.6 is 11.6 Å². The van der Waals surface area contributed by atoms with E-state index in [2.05, 4.69) is 0 Å². The highest BCUT2D eigenvalue weighted by Gasteiger charge is 2.53. The third-order valence-electron chi connectivity index (χ3n) is 4.44. The number of rotatable bonds is 4. The molecule has 0 radical (unpaired) electrons. The highest BCUT2D eigenvalue weighted by atomic mass is 35.5. The summed E-state index contributed by atoms with van der Waals surface area (Å²) >= 11 is 5.68. The number of fused-ring (bicyclic) bond motifs is 2. The topological polar surface area (TPSA) is 74.7 Å². The molecule has 0 aliphatic carbocycles. The van der Waals surface area contributed by atoms with Crippen molar-refractivity contribution in [1.29, 1.82) is 0 Å². The van der Waals surface area contributed by atoms with E-state index >= 15 is 0 Å². The number of carboxylic acid groups (broad SMARTS) is 1. The van der Waals surface area contributed by atoms with Gasteiger partial charge in [-0.15, -0.1) is 0 Å². The van der Waals surface area contributed by atoms with Crippen molar-refractivity contribution in [3.05, 3.63) is 34.6 Å². The van der Waals surface area contributed by atoms with Crippen LogP contribution in [-0.2, 0) is 20.6 Å². The van der Waals surface area contributed by atoms with Crippen molar-refractivity contribution < 1.29 is 22.7 Å². The zero-order valence-electron chi connectivity index (χ0n) is 11.6. The summed E-state index contributed by atoms with van der Waals surface area (Å²) in [7, 11) is -3.66. The van der Waals surface area contributed by atoms with Gasteiger partial charge in [0.1, 0.15) is 5.82 Å². The molecule has 2 fully saturated rings. The number of hydrogen-bond acceptors (Lipinski definition) is 3. The van der Waals surface area contributed by atoms with E-state index in [1.54, 1.807) is 0 Å². The van der Waals surface area contributed by atoms with Crippen LogP contribution in [0, 0.1) is 11.7 Å². The normalized spacial score (nSPS) is 28.2. The molecule has 5 nitrogen and oxygen atoms in total. The second-order valence-corrected chi connectivity index (χ2v) is 8.09. The molecule has 22 heavy (non-hydrogen) atoms. The molecule has 0 spiro atoms. The standard InChI is InChI=1S/C14H15ClFNO4S/c15-11-5-8(1-3-12(11)16)7-22(20,21)17-9-2-4-13(17)10(6-9)14(18)19/h1,3,5,9-10,13H,2,4,6-7H2,(H,18,19). The smallest absolute Gasteiger partial charge is 0.308 e. The fraction of sp³-hybridized carbons (Fsp3) is 0.500. The Morgan fingerprint density at radius 1 is 1.41 bits per heavy atom. The molecule has 2 heterocycles. The van der Waals surface area contributed by atoms with Crippen LogP contribution in [0.2, 0.25) is 5.02 Å². The quantitative estimate of drug-likeness (QED) is 0.906. The molecular weight excluding hydrogens is 333 g/mol. The van der Waals surface area contributed by atoms with Crippen LogP contribution < -0.4 is 0 Å². The molecule has 3 unspecified atom stereocenters. The van der Waals surface area contributed by atoms with E-state index in [-0.39, 0.29) is 16.8 Å². The maximum Gasteiger partial charge on any atom is 0.308 e. The zero-order valence-corrected chi connectivity index (χ0v) is 13.1. The van der Waals surface area contributed by atoms with Gasteiger partial charge in [-0.1, -0.05) is 17.7 Å². The van der Waals surface area contributed by atoms with Crippen LogP contribution in [0.1, 0.15) is 24.8 Å². The lowest BCUT2D eigenvalue weighted by Crippen LogP contribution is -2.38. The van der Waals surface area contributed by atoms with Crippen LogP contribution in [0.4, 0.5) is 4.39 Å². The van der Waals surface area contributed by atoms with Crippen molar-refractivity contribution in [3.8, 4) is 0 Å². The average Bonchev–Trinajstić information content (AvgIpc) is 3.01. The molecule has 120 valence electrons. The Kier molecular flexibility index (Phi) is 3.91. The molecule has 2 aliphatic rings. The molecule has 1 aromatic rings. The van der Waals surface area contributed by atoms with Crippen LogP contribution in [-0.4, -0.2) is 35.9 Å². The Morgan fingerprint density at radius 3 is 2.73 bits per heavy atom. The molecule has 2 saturated heterocycles. The van der Waals surface area contributed by atoms with Crippen molar-refractivity contribution in [2.24, 2.45) is 5.92 Å². The first kappa shape index (κ1) is 15.7. The second-order valence-electron chi connectivity index (χ2n) is 5.81. The highest BCUT2D eigenvalue weighted by Crippen LogP contribution is 2.44. The van der Waals surface area contributed by atoms with Gasteiger partial charge < -0.3 is 5.11 Å². The number of aliphatic carboxylic acids is 1. The number of hydrogen-bond donors (Lipinski definition) is 1. The zero-order chi connectivity index (χ0) is 16.1. The van der Waals surface area contributed by atoms with Gasteiger partial charge in [-0.05, 0) is 37.0 Å². The Labute approximate surface area is 132 Å². The summed E-state index contributed by atoms with van der Waals surface area (Å²) in [6.07, 6.45) is 1.63. The summed E-state index contributed by atoms with van der Waals surface area (Å²) in [5.74, 6) is -2.48. The predicted octanol–water partition coefficient (Wildman–Crippen LogP) is 2.25. The van der Waals surface area contributed by atoms with Crippen molar-refractivity contribution in [1.82, 2.24) is 4.31 Å². The molecule has 0 aromatic heterocycles. The molecule has 0 saturated carbocycles. The summed E-state index contributed by atoms with van der Waals surface area (Å²) in [5, 5.41) is 9.07. The first-order valence-corrected chi connectivity index (χ1v) is 8.96. The number of carbonyl (C=O) groups is 1. The Bertz CT molecular complexity index is 724. The molecule has 1 aromatic carbocycles. The maximum absolute atomic E-state index is 13.1. The number of nitrogens with zero attached hydrogens (tertiary/aromatic N) is 1. The van der Waals surface area contributed by atoms with E-state index in [0.717, 1.165) is 6.07 Å². The van der Waals surface area contributed by atoms with Crippen molar-refractivity contribution in [2.75, 3.05) is 0 Å². The van der Waals surface area contributed by atoms with Gasteiger partial charge >= 0.3 is 5.97 Å². The van der Waals surface area contributed by atoms with E-state index in [0.29, 0.717) is 24.8 Å². The fourth-order valence-electron chi connectivity index (χ4n) is 3.55. The van der Waals surface area contributed by atoms with Crippen LogP contribution in [0.25, 0.3) is 0 Å². The van der Waals surface area contributed by atoms with Gasteiger partial charge in [0.25, 0.3) is 0 Å². The van der Waals surface area contributed by atoms with Gasteiger partial charge in [0, 0.05) is 12.1 Å². The van der Waals surface area contributed by atoms with Crippen LogP contribution in [0.5, 0.6) is 0 Å². The van der Waals surface area contributed by atoms with Crippen molar-refractivity contribution >= 4 is 27.6 Å². The van der Waals surface area contributed by atoms with Crippen LogP contribution in [0.15, 0.2) is 18.2 Å². The highest BCUT2D eigenvalue weighted by molar-refractivity contribution is 7.88. The first-order valence-electron chi connectivity index (χ1n) is 6.97. The molecule has 1 N–H and O–H groups in total. The predicted molar refractivity (Wildman–Crippen MR) is 78.4 cm³/mol. The third kappa shape index (κ3) is 2.61. The van der Waals surface area contributed by atoms with Crippen molar-refractivity contribution in [2.45, 2.75) is 37.1 Å². The second kappa shape index (κ2) is 5.47. The lowest BCUT2D eigenvalue weighted by molar-refractivity contribution is -0.142. The summed E-state index contributed by atoms with van der Waals surface area (Å²) in [5.41, 5.74) is 0.393. The lowest BCUT2D eigenvalue weighted by Gasteiger charge is -2.22. The SMILES string of the molecule is O=C(O)C1CC2CCC1N2S(=O)(=O)Cc1ccc(F)c(Cl)c1. The minimum atomic E-state index is -3.66. The van der Waals surface area contributed by atoms with E-state index < -0.39 is 33.8 Å². The summed E-state index contributed by atoms with van der Waals surface area (Å²) in [4.78, 5) is 11.2. The Balaban J connectivity index is 1.84. The van der Waals surface area contributed by atoms with Gasteiger partial charge in [0.15, 0.2) is 0 Å². The average molecular weight is 348 g/mol. The van der Waals surface area contributed by atoms with E-state index in [4.69, 9.17) is 11.6 Å². The lowest BCUT2D eigenvalue weighted by atomic mass is 9.89. The van der Waals surface area contributed by atoms with E-state index in [1.165, 1.54) is 16.4 Å². The van der Waals surface area contributed by atoms with Gasteiger partial charge in [0.2, 0.25) is 10.0 Å². The monoisotopic (exact) mass is 347 g/mol. The third-order valence-corrected chi connectivity index (χ3v) is 6.64. The summed E-state index contributed by atoms with van der Waals surface area (Å²) in [6, 6.07) is 3.09. The van der Waals surface area contributed by atoms with Crippen LogP contribution in [0.3, 0.4) is 0 Å². The maximum atomic E-state index is 13.1. The molecular formula is C14H15ClFNO4S. The van der Waals surface area contributed by atoms with Crippen molar-refractivity contribution in [3.63, 3.8) is 0 Å². The first-order chi connectivity index (χ1) is 10.3.